The third-order valence-electron chi connectivity index (χ3n) is 4.91. The van der Waals surface area contributed by atoms with E-state index in [9.17, 15) is 18.8 Å². The molecule has 4 amide bonds. The van der Waals surface area contributed by atoms with Crippen molar-refractivity contribution in [2.75, 3.05) is 4.90 Å². The fraction of sp³-hybridized carbons (Fsp3) is 0.0400. The van der Waals surface area contributed by atoms with Gasteiger partial charge in [-0.15, -0.1) is 0 Å². The van der Waals surface area contributed by atoms with E-state index >= 15 is 0 Å². The van der Waals surface area contributed by atoms with E-state index in [0.29, 0.717) is 16.9 Å². The molecule has 0 atom stereocenters. The van der Waals surface area contributed by atoms with E-state index in [1.165, 1.54) is 18.2 Å². The molecule has 33 heavy (non-hydrogen) atoms. The maximum atomic E-state index is 13.2. The maximum Gasteiger partial charge on any atom is 0.335 e. The Bertz CT molecular complexity index is 1310. The van der Waals surface area contributed by atoms with E-state index < -0.39 is 23.7 Å². The van der Waals surface area contributed by atoms with Crippen LogP contribution in [0.4, 0.5) is 14.9 Å². The summed E-state index contributed by atoms with van der Waals surface area (Å²) in [5, 5.41) is 11.3. The molecule has 0 bridgehead atoms. The smallest absolute Gasteiger partial charge is 0.335 e. The van der Waals surface area contributed by atoms with Crippen LogP contribution >= 0.6 is 0 Å². The Hall–Kier alpha value is -4.77. The van der Waals surface area contributed by atoms with E-state index in [-0.39, 0.29) is 17.9 Å². The number of urea groups is 1. The summed E-state index contributed by atoms with van der Waals surface area (Å²) in [6.45, 7) is 0.208. The molecule has 1 saturated heterocycles. The molecule has 0 saturated carbocycles. The molecule has 1 fully saturated rings. The van der Waals surface area contributed by atoms with Gasteiger partial charge in [-0.1, -0.05) is 30.3 Å². The van der Waals surface area contributed by atoms with Crippen LogP contribution in [0.1, 0.15) is 16.7 Å². The first kappa shape index (κ1) is 21.5. The van der Waals surface area contributed by atoms with Crippen molar-refractivity contribution in [1.82, 2.24) is 5.32 Å². The Balaban J connectivity index is 1.52. The molecule has 3 aromatic carbocycles. The molecule has 1 heterocycles. The average molecular weight is 441 g/mol. The van der Waals surface area contributed by atoms with Gasteiger partial charge in [-0.25, -0.2) is 14.1 Å². The van der Waals surface area contributed by atoms with E-state index in [1.807, 2.05) is 6.07 Å². The number of rotatable bonds is 5. The number of anilines is 1. The van der Waals surface area contributed by atoms with Gasteiger partial charge < -0.3 is 4.74 Å². The molecule has 0 aliphatic carbocycles. The Labute approximate surface area is 188 Å². The topological polar surface area (TPSA) is 99.5 Å². The van der Waals surface area contributed by atoms with Crippen LogP contribution in [0.3, 0.4) is 0 Å². The first-order valence-electron chi connectivity index (χ1n) is 9.84. The summed E-state index contributed by atoms with van der Waals surface area (Å²) in [5.74, 6) is -1.62. The summed E-state index contributed by atoms with van der Waals surface area (Å²) in [4.78, 5) is 38.1. The summed E-state index contributed by atoms with van der Waals surface area (Å²) in [5.41, 5.74) is 1.71. The van der Waals surface area contributed by atoms with E-state index in [0.717, 1.165) is 22.6 Å². The molecule has 0 radical (unpaired) electrons. The number of carbonyl (C=O) groups excluding carboxylic acids is 3. The SMILES string of the molecule is N#Cc1ccccc1COc1ccc(/C=C2\C(=O)NC(=O)N(c3ccc(F)cc3)C2=O)cc1. The third kappa shape index (κ3) is 4.62. The van der Waals surface area contributed by atoms with Gasteiger partial charge >= 0.3 is 6.03 Å². The quantitative estimate of drug-likeness (QED) is 0.478. The van der Waals surface area contributed by atoms with Crippen LogP contribution in [0.5, 0.6) is 5.75 Å². The number of nitriles is 1. The minimum absolute atomic E-state index is 0.138. The minimum Gasteiger partial charge on any atom is -0.489 e. The lowest BCUT2D eigenvalue weighted by atomic mass is 10.1. The molecule has 0 unspecified atom stereocenters. The molecule has 3 aromatic rings. The Kier molecular flexibility index (Phi) is 5.96. The van der Waals surface area contributed by atoms with Gasteiger partial charge in [-0.3, -0.25) is 14.9 Å². The number of barbiturate groups is 1. The number of ether oxygens (including phenoxy) is 1. The second kappa shape index (κ2) is 9.16. The van der Waals surface area contributed by atoms with Crippen LogP contribution in [0.25, 0.3) is 6.08 Å². The molecule has 8 heteroatoms. The van der Waals surface area contributed by atoms with Gasteiger partial charge in [-0.2, -0.15) is 5.26 Å². The summed E-state index contributed by atoms with van der Waals surface area (Å²) in [6, 6.07) is 19.7. The predicted molar refractivity (Wildman–Crippen MR) is 117 cm³/mol. The first-order chi connectivity index (χ1) is 16.0. The highest BCUT2D eigenvalue weighted by atomic mass is 19.1. The second-order valence-corrected chi connectivity index (χ2v) is 7.06. The van der Waals surface area contributed by atoms with Gasteiger partial charge in [0, 0.05) is 5.56 Å². The number of carbonyl (C=O) groups is 3. The Morgan fingerprint density at radius 2 is 1.67 bits per heavy atom. The summed E-state index contributed by atoms with van der Waals surface area (Å²) in [6.07, 6.45) is 1.36. The van der Waals surface area contributed by atoms with Crippen LogP contribution in [0.15, 0.2) is 78.4 Å². The van der Waals surface area contributed by atoms with Gasteiger partial charge in [-0.05, 0) is 54.1 Å². The highest BCUT2D eigenvalue weighted by Crippen LogP contribution is 2.23. The van der Waals surface area contributed by atoms with E-state index in [2.05, 4.69) is 11.4 Å². The first-order valence-corrected chi connectivity index (χ1v) is 9.84. The zero-order valence-electron chi connectivity index (χ0n) is 17.1. The number of nitrogens with one attached hydrogen (secondary N) is 1. The van der Waals surface area contributed by atoms with Gasteiger partial charge in [0.15, 0.2) is 0 Å². The highest BCUT2D eigenvalue weighted by Gasteiger charge is 2.36. The van der Waals surface area contributed by atoms with Crippen molar-refractivity contribution in [1.29, 1.82) is 5.26 Å². The molecule has 0 spiro atoms. The standard InChI is InChI=1S/C25H16FN3O4/c26-19-7-9-20(10-8-19)29-24(31)22(23(30)28-25(29)32)13-16-5-11-21(12-6-16)33-15-18-4-2-1-3-17(18)14-27/h1-13H,15H2,(H,28,30,32)/b22-13+. The number of hydrogen-bond donors (Lipinski definition) is 1. The van der Waals surface area contributed by atoms with Gasteiger partial charge in [0.2, 0.25) is 0 Å². The van der Waals surface area contributed by atoms with Crippen molar-refractivity contribution in [3.05, 3.63) is 101 Å². The summed E-state index contributed by atoms with van der Waals surface area (Å²) in [7, 11) is 0. The van der Waals surface area contributed by atoms with Crippen molar-refractivity contribution in [2.24, 2.45) is 0 Å². The zero-order valence-corrected chi connectivity index (χ0v) is 17.1. The molecular weight excluding hydrogens is 425 g/mol. The summed E-state index contributed by atoms with van der Waals surface area (Å²) < 4.78 is 18.9. The maximum absolute atomic E-state index is 13.2. The largest absolute Gasteiger partial charge is 0.489 e. The van der Waals surface area contributed by atoms with Crippen LogP contribution in [0, 0.1) is 17.1 Å². The average Bonchev–Trinajstić information content (AvgIpc) is 2.82. The highest BCUT2D eigenvalue weighted by molar-refractivity contribution is 6.39. The Morgan fingerprint density at radius 3 is 2.36 bits per heavy atom. The molecule has 1 aliphatic heterocycles. The number of halogens is 1. The number of hydrogen-bond acceptors (Lipinski definition) is 5. The lowest BCUT2D eigenvalue weighted by molar-refractivity contribution is -0.122. The van der Waals surface area contributed by atoms with Crippen molar-refractivity contribution in [3.63, 3.8) is 0 Å². The van der Waals surface area contributed by atoms with E-state index in [4.69, 9.17) is 10.00 Å². The van der Waals surface area contributed by atoms with Gasteiger partial charge in [0.25, 0.3) is 11.8 Å². The fourth-order valence-electron chi connectivity index (χ4n) is 3.23. The number of amides is 4. The monoisotopic (exact) mass is 441 g/mol. The molecule has 7 nitrogen and oxygen atoms in total. The number of nitrogens with zero attached hydrogens (tertiary/aromatic N) is 2. The zero-order chi connectivity index (χ0) is 23.4. The predicted octanol–water partition coefficient (Wildman–Crippen LogP) is 3.94. The minimum atomic E-state index is -0.907. The lowest BCUT2D eigenvalue weighted by Crippen LogP contribution is -2.54. The van der Waals surface area contributed by atoms with Crippen molar-refractivity contribution >= 4 is 29.6 Å². The summed E-state index contributed by atoms with van der Waals surface area (Å²) >= 11 is 0. The van der Waals surface area contributed by atoms with Gasteiger partial charge in [0.1, 0.15) is 23.7 Å². The van der Waals surface area contributed by atoms with Crippen molar-refractivity contribution < 1.29 is 23.5 Å². The number of imide groups is 2. The lowest BCUT2D eigenvalue weighted by Gasteiger charge is -2.26. The fourth-order valence-corrected chi connectivity index (χ4v) is 3.23. The van der Waals surface area contributed by atoms with Gasteiger partial charge in [0.05, 0.1) is 17.3 Å². The molecule has 1 N–H and O–H groups in total. The second-order valence-electron chi connectivity index (χ2n) is 7.06. The van der Waals surface area contributed by atoms with Crippen LogP contribution in [-0.4, -0.2) is 17.8 Å². The van der Waals surface area contributed by atoms with Crippen LogP contribution in [-0.2, 0) is 16.2 Å². The molecule has 4 rings (SSSR count). The van der Waals surface area contributed by atoms with Crippen LogP contribution < -0.4 is 15.0 Å². The van der Waals surface area contributed by atoms with Crippen molar-refractivity contribution in [3.8, 4) is 11.8 Å². The molecule has 1 aliphatic rings. The van der Waals surface area contributed by atoms with Crippen molar-refractivity contribution in [2.45, 2.75) is 6.61 Å². The molecule has 0 aromatic heterocycles. The normalized spacial score (nSPS) is 14.7. The Morgan fingerprint density at radius 1 is 0.970 bits per heavy atom. The third-order valence-corrected chi connectivity index (χ3v) is 4.91. The molecular formula is C25H16FN3O4. The number of benzene rings is 3. The molecule has 162 valence electrons. The van der Waals surface area contributed by atoms with E-state index in [1.54, 1.807) is 42.5 Å². The van der Waals surface area contributed by atoms with Crippen LogP contribution in [0.2, 0.25) is 0 Å².